The summed E-state index contributed by atoms with van der Waals surface area (Å²) in [5.74, 6) is 0. The molecule has 0 aromatic heterocycles. The lowest BCUT2D eigenvalue weighted by Gasteiger charge is -2.44. The second-order valence-electron chi connectivity index (χ2n) is 5.77. The predicted molar refractivity (Wildman–Crippen MR) is 77.9 cm³/mol. The van der Waals surface area contributed by atoms with Crippen LogP contribution in [0.2, 0.25) is 0 Å². The fraction of sp³-hybridized carbons (Fsp3) is 1.00. The number of nitrogens with zero attached hydrogens (tertiary/aromatic N) is 1. The average molecular weight is 256 g/mol. The molecule has 1 saturated carbocycles. The van der Waals surface area contributed by atoms with Crippen molar-refractivity contribution in [2.45, 2.75) is 58.9 Å². The van der Waals surface area contributed by atoms with E-state index in [-0.39, 0.29) is 0 Å². The molecule has 1 rings (SSSR count). The van der Waals surface area contributed by atoms with Crippen LogP contribution in [0.4, 0.5) is 0 Å². The minimum atomic E-state index is 0.293. The third-order valence-electron chi connectivity index (χ3n) is 4.77. The van der Waals surface area contributed by atoms with Gasteiger partial charge in [0.05, 0.1) is 6.61 Å². The van der Waals surface area contributed by atoms with Gasteiger partial charge in [0.2, 0.25) is 0 Å². The Morgan fingerprint density at radius 2 is 1.89 bits per heavy atom. The number of nitrogens with one attached hydrogen (secondary N) is 1. The van der Waals surface area contributed by atoms with Gasteiger partial charge in [-0.3, -0.25) is 4.90 Å². The van der Waals surface area contributed by atoms with E-state index in [1.54, 1.807) is 0 Å². The molecular weight excluding hydrogens is 224 g/mol. The molecule has 0 atom stereocenters. The van der Waals surface area contributed by atoms with Crippen molar-refractivity contribution in [1.29, 1.82) is 0 Å². The zero-order valence-electron chi connectivity index (χ0n) is 12.5. The largest absolute Gasteiger partial charge is 0.395 e. The second kappa shape index (κ2) is 8.13. The van der Waals surface area contributed by atoms with Crippen molar-refractivity contribution >= 4 is 0 Å². The number of aliphatic hydroxyl groups excluding tert-OH is 1. The van der Waals surface area contributed by atoms with Gasteiger partial charge >= 0.3 is 0 Å². The summed E-state index contributed by atoms with van der Waals surface area (Å²) in [6.45, 7) is 11.2. The molecule has 0 aliphatic heterocycles. The van der Waals surface area contributed by atoms with Crippen LogP contribution in [-0.2, 0) is 0 Å². The van der Waals surface area contributed by atoms with Crippen LogP contribution in [0.5, 0.6) is 0 Å². The highest BCUT2D eigenvalue weighted by Crippen LogP contribution is 2.32. The molecule has 1 fully saturated rings. The molecule has 0 aromatic rings. The molecule has 0 unspecified atom stereocenters. The Morgan fingerprint density at radius 1 is 1.22 bits per heavy atom. The first-order valence-electron chi connectivity index (χ1n) is 7.77. The van der Waals surface area contributed by atoms with Crippen LogP contribution in [0.15, 0.2) is 0 Å². The van der Waals surface area contributed by atoms with Gasteiger partial charge < -0.3 is 10.4 Å². The second-order valence-corrected chi connectivity index (χ2v) is 5.77. The van der Waals surface area contributed by atoms with Crippen molar-refractivity contribution in [3.63, 3.8) is 0 Å². The van der Waals surface area contributed by atoms with Crippen molar-refractivity contribution in [1.82, 2.24) is 10.2 Å². The summed E-state index contributed by atoms with van der Waals surface area (Å²) in [7, 11) is 0. The first-order chi connectivity index (χ1) is 8.71. The van der Waals surface area contributed by atoms with E-state index < -0.39 is 0 Å². The first-order valence-corrected chi connectivity index (χ1v) is 7.77. The Balaban J connectivity index is 2.59. The molecule has 3 heteroatoms. The molecular formula is C15H32N2O. The third-order valence-corrected chi connectivity index (χ3v) is 4.77. The van der Waals surface area contributed by atoms with Crippen molar-refractivity contribution in [2.75, 3.05) is 32.8 Å². The molecule has 18 heavy (non-hydrogen) atoms. The van der Waals surface area contributed by atoms with Gasteiger partial charge in [0.1, 0.15) is 0 Å². The number of aliphatic hydroxyl groups is 1. The molecule has 0 spiro atoms. The highest BCUT2D eigenvalue weighted by Gasteiger charge is 2.33. The summed E-state index contributed by atoms with van der Waals surface area (Å²) >= 11 is 0. The highest BCUT2D eigenvalue weighted by atomic mass is 16.3. The number of rotatable bonds is 10. The summed E-state index contributed by atoms with van der Waals surface area (Å²) in [6.07, 6.45) is 6.44. The Hall–Kier alpha value is -0.120. The van der Waals surface area contributed by atoms with E-state index in [2.05, 4.69) is 31.0 Å². The van der Waals surface area contributed by atoms with Crippen molar-refractivity contribution < 1.29 is 5.11 Å². The SMILES string of the molecule is CCNCC(CC)(CC)CN(CCO)C1CCC1. The normalized spacial score (nSPS) is 17.2. The van der Waals surface area contributed by atoms with Crippen LogP contribution >= 0.6 is 0 Å². The maximum absolute atomic E-state index is 9.27. The van der Waals surface area contributed by atoms with E-state index in [0.29, 0.717) is 12.0 Å². The summed E-state index contributed by atoms with van der Waals surface area (Å²) in [6, 6.07) is 0.733. The Kier molecular flexibility index (Phi) is 7.20. The van der Waals surface area contributed by atoms with E-state index in [1.165, 1.54) is 32.1 Å². The molecule has 3 nitrogen and oxygen atoms in total. The Labute approximate surface area is 113 Å². The van der Waals surface area contributed by atoms with Gasteiger partial charge in [-0.05, 0) is 37.6 Å². The van der Waals surface area contributed by atoms with Crippen LogP contribution in [0, 0.1) is 5.41 Å². The number of hydrogen-bond acceptors (Lipinski definition) is 3. The molecule has 0 aromatic carbocycles. The summed E-state index contributed by atoms with van der Waals surface area (Å²) < 4.78 is 0. The van der Waals surface area contributed by atoms with Crippen molar-refractivity contribution in [2.24, 2.45) is 5.41 Å². The monoisotopic (exact) mass is 256 g/mol. The van der Waals surface area contributed by atoms with Gasteiger partial charge in [0, 0.05) is 25.7 Å². The Morgan fingerprint density at radius 3 is 2.28 bits per heavy atom. The molecule has 0 radical (unpaired) electrons. The average Bonchev–Trinajstić information content (AvgIpc) is 2.32. The van der Waals surface area contributed by atoms with Gasteiger partial charge in [-0.15, -0.1) is 0 Å². The molecule has 0 heterocycles. The fourth-order valence-corrected chi connectivity index (χ4v) is 2.87. The van der Waals surface area contributed by atoms with E-state index in [9.17, 15) is 5.11 Å². The van der Waals surface area contributed by atoms with Gasteiger partial charge in [-0.2, -0.15) is 0 Å². The third kappa shape index (κ3) is 4.22. The molecule has 1 aliphatic carbocycles. The van der Waals surface area contributed by atoms with Gasteiger partial charge in [0.25, 0.3) is 0 Å². The lowest BCUT2D eigenvalue weighted by Crippen LogP contribution is -2.50. The topological polar surface area (TPSA) is 35.5 Å². The molecule has 1 aliphatic rings. The van der Waals surface area contributed by atoms with Crippen LogP contribution in [0.25, 0.3) is 0 Å². The standard InChI is InChI=1S/C15H32N2O/c1-4-15(5-2,12-16-6-3)13-17(10-11-18)14-8-7-9-14/h14,16,18H,4-13H2,1-3H3. The van der Waals surface area contributed by atoms with Crippen LogP contribution in [0.3, 0.4) is 0 Å². The molecule has 2 N–H and O–H groups in total. The molecule has 0 amide bonds. The summed E-state index contributed by atoms with van der Waals surface area (Å²) in [4.78, 5) is 2.54. The summed E-state index contributed by atoms with van der Waals surface area (Å²) in [5, 5.41) is 12.8. The quantitative estimate of drug-likeness (QED) is 0.629. The predicted octanol–water partition coefficient (Wildman–Crippen LogP) is 2.25. The van der Waals surface area contributed by atoms with E-state index >= 15 is 0 Å². The highest BCUT2D eigenvalue weighted by molar-refractivity contribution is 4.88. The van der Waals surface area contributed by atoms with E-state index in [4.69, 9.17) is 0 Å². The first kappa shape index (κ1) is 15.9. The number of hydrogen-bond donors (Lipinski definition) is 2. The maximum atomic E-state index is 9.27. The van der Waals surface area contributed by atoms with Crippen molar-refractivity contribution in [3.05, 3.63) is 0 Å². The van der Waals surface area contributed by atoms with Gasteiger partial charge in [-0.1, -0.05) is 27.2 Å². The minimum absolute atomic E-state index is 0.293. The summed E-state index contributed by atoms with van der Waals surface area (Å²) in [5.41, 5.74) is 0.376. The van der Waals surface area contributed by atoms with E-state index in [1.807, 2.05) is 0 Å². The lowest BCUT2D eigenvalue weighted by atomic mass is 9.80. The smallest absolute Gasteiger partial charge is 0.0558 e. The fourth-order valence-electron chi connectivity index (χ4n) is 2.87. The van der Waals surface area contributed by atoms with Crippen LogP contribution in [0.1, 0.15) is 52.9 Å². The van der Waals surface area contributed by atoms with E-state index in [0.717, 1.165) is 32.2 Å². The minimum Gasteiger partial charge on any atom is -0.395 e. The van der Waals surface area contributed by atoms with Crippen LogP contribution < -0.4 is 5.32 Å². The zero-order chi connectivity index (χ0) is 13.4. The van der Waals surface area contributed by atoms with Crippen molar-refractivity contribution in [3.8, 4) is 0 Å². The zero-order valence-corrected chi connectivity index (χ0v) is 12.5. The van der Waals surface area contributed by atoms with Crippen LogP contribution in [-0.4, -0.2) is 48.8 Å². The lowest BCUT2D eigenvalue weighted by molar-refractivity contribution is 0.0482. The van der Waals surface area contributed by atoms with Gasteiger partial charge in [-0.25, -0.2) is 0 Å². The molecule has 0 saturated heterocycles. The van der Waals surface area contributed by atoms with Gasteiger partial charge in [0.15, 0.2) is 0 Å². The maximum Gasteiger partial charge on any atom is 0.0558 e. The molecule has 108 valence electrons. The Bertz CT molecular complexity index is 213. The molecule has 0 bridgehead atoms.